The Morgan fingerprint density at radius 2 is 1.79 bits per heavy atom. The van der Waals surface area contributed by atoms with E-state index in [1.165, 1.54) is 0 Å². The number of rotatable bonds is 7. The second kappa shape index (κ2) is 8.39. The highest BCUT2D eigenvalue weighted by molar-refractivity contribution is 5.78. The summed E-state index contributed by atoms with van der Waals surface area (Å²) in [5, 5.41) is 2.95. The van der Waals surface area contributed by atoms with Crippen LogP contribution in [0.4, 0.5) is 0 Å². The molecule has 0 aliphatic rings. The van der Waals surface area contributed by atoms with Gasteiger partial charge in [0.25, 0.3) is 5.91 Å². The molecule has 1 amide bonds. The maximum Gasteiger partial charge on any atom is 0.258 e. The molecule has 0 unspecified atom stereocenters. The van der Waals surface area contributed by atoms with Crippen molar-refractivity contribution in [3.8, 4) is 11.5 Å². The van der Waals surface area contributed by atoms with Crippen molar-refractivity contribution in [1.29, 1.82) is 0 Å². The third-order valence-corrected chi connectivity index (χ3v) is 3.77. The van der Waals surface area contributed by atoms with Crippen LogP contribution in [0.3, 0.4) is 0 Å². The van der Waals surface area contributed by atoms with Gasteiger partial charge in [0.2, 0.25) is 0 Å². The molecular formula is C20H25NO3. The van der Waals surface area contributed by atoms with Gasteiger partial charge >= 0.3 is 0 Å². The number of ether oxygens (including phenoxy) is 2. The van der Waals surface area contributed by atoms with Crippen molar-refractivity contribution in [1.82, 2.24) is 5.32 Å². The summed E-state index contributed by atoms with van der Waals surface area (Å²) in [4.78, 5) is 12.1. The Balaban J connectivity index is 1.88. The van der Waals surface area contributed by atoms with Crippen molar-refractivity contribution in [3.63, 3.8) is 0 Å². The van der Waals surface area contributed by atoms with E-state index in [0.29, 0.717) is 6.61 Å². The lowest BCUT2D eigenvalue weighted by molar-refractivity contribution is -0.123. The number of aryl methyl sites for hydroxylation is 2. The van der Waals surface area contributed by atoms with Crippen molar-refractivity contribution >= 4 is 5.91 Å². The third kappa shape index (κ3) is 5.01. The normalized spacial score (nSPS) is 11.7. The second-order valence-electron chi connectivity index (χ2n) is 5.85. The van der Waals surface area contributed by atoms with Crippen molar-refractivity contribution in [2.24, 2.45) is 0 Å². The summed E-state index contributed by atoms with van der Waals surface area (Å²) in [6.45, 7) is 8.51. The number of benzene rings is 2. The molecule has 128 valence electrons. The molecule has 2 rings (SSSR count). The maximum atomic E-state index is 12.1. The molecule has 1 N–H and O–H groups in total. The number of hydrogen-bond acceptors (Lipinski definition) is 3. The van der Waals surface area contributed by atoms with Gasteiger partial charge in [0.15, 0.2) is 6.61 Å². The fourth-order valence-corrected chi connectivity index (χ4v) is 2.39. The Labute approximate surface area is 143 Å². The number of hydrogen-bond donors (Lipinski definition) is 1. The van der Waals surface area contributed by atoms with E-state index in [4.69, 9.17) is 9.47 Å². The highest BCUT2D eigenvalue weighted by Gasteiger charge is 2.11. The molecule has 0 fully saturated rings. The molecule has 0 aliphatic heterocycles. The lowest BCUT2D eigenvalue weighted by atomic mass is 10.1. The minimum Gasteiger partial charge on any atom is -0.494 e. The van der Waals surface area contributed by atoms with Crippen LogP contribution >= 0.6 is 0 Å². The van der Waals surface area contributed by atoms with Gasteiger partial charge in [-0.25, -0.2) is 0 Å². The Kier molecular flexibility index (Phi) is 6.24. The highest BCUT2D eigenvalue weighted by Crippen LogP contribution is 2.20. The predicted octanol–water partition coefficient (Wildman–Crippen LogP) is 3.96. The van der Waals surface area contributed by atoms with Gasteiger partial charge in [-0.05, 0) is 62.6 Å². The molecule has 2 aromatic rings. The Hall–Kier alpha value is -2.49. The minimum atomic E-state index is -0.141. The topological polar surface area (TPSA) is 47.6 Å². The van der Waals surface area contributed by atoms with E-state index in [0.717, 1.165) is 28.2 Å². The van der Waals surface area contributed by atoms with Crippen LogP contribution in [0.25, 0.3) is 0 Å². The molecule has 4 nitrogen and oxygen atoms in total. The molecule has 0 bridgehead atoms. The lowest BCUT2D eigenvalue weighted by Crippen LogP contribution is -2.31. The van der Waals surface area contributed by atoms with Gasteiger partial charge in [0.1, 0.15) is 11.5 Å². The van der Waals surface area contributed by atoms with E-state index >= 15 is 0 Å². The molecule has 0 saturated carbocycles. The standard InChI is InChI=1S/C20H25NO3/c1-5-23-18-10-8-17(9-11-18)16(4)21-20(22)13-24-19-12-14(2)6-7-15(19)3/h6-12,16H,5,13H2,1-4H3,(H,21,22)/t16-/m1/s1. The average Bonchev–Trinajstić information content (AvgIpc) is 2.56. The predicted molar refractivity (Wildman–Crippen MR) is 95.6 cm³/mol. The van der Waals surface area contributed by atoms with Crippen LogP contribution in [-0.2, 0) is 4.79 Å². The van der Waals surface area contributed by atoms with Crippen molar-refractivity contribution in [2.75, 3.05) is 13.2 Å². The van der Waals surface area contributed by atoms with Crippen LogP contribution in [0, 0.1) is 13.8 Å². The number of carbonyl (C=O) groups is 1. The highest BCUT2D eigenvalue weighted by atomic mass is 16.5. The summed E-state index contributed by atoms with van der Waals surface area (Å²) in [6, 6.07) is 13.6. The van der Waals surface area contributed by atoms with Crippen LogP contribution in [0.2, 0.25) is 0 Å². The SMILES string of the molecule is CCOc1ccc([C@@H](C)NC(=O)COc2cc(C)ccc2C)cc1. The van der Waals surface area contributed by atoms with E-state index in [2.05, 4.69) is 5.32 Å². The minimum absolute atomic E-state index is 0.00562. The van der Waals surface area contributed by atoms with Crippen LogP contribution in [0.1, 0.15) is 36.6 Å². The fraction of sp³-hybridized carbons (Fsp3) is 0.350. The van der Waals surface area contributed by atoms with Gasteiger partial charge in [-0.3, -0.25) is 4.79 Å². The quantitative estimate of drug-likeness (QED) is 0.837. The van der Waals surface area contributed by atoms with E-state index in [9.17, 15) is 4.79 Å². The summed E-state index contributed by atoms with van der Waals surface area (Å²) in [6.07, 6.45) is 0. The molecule has 0 radical (unpaired) electrons. The van der Waals surface area contributed by atoms with Gasteiger partial charge in [0.05, 0.1) is 12.6 Å². The van der Waals surface area contributed by atoms with Crippen LogP contribution in [-0.4, -0.2) is 19.1 Å². The smallest absolute Gasteiger partial charge is 0.258 e. The van der Waals surface area contributed by atoms with Crippen molar-refractivity contribution in [3.05, 3.63) is 59.2 Å². The van der Waals surface area contributed by atoms with E-state index in [1.54, 1.807) is 0 Å². The molecular weight excluding hydrogens is 302 g/mol. The summed E-state index contributed by atoms with van der Waals surface area (Å²) in [7, 11) is 0. The van der Waals surface area contributed by atoms with Gasteiger partial charge in [-0.15, -0.1) is 0 Å². The maximum absolute atomic E-state index is 12.1. The molecule has 0 aromatic heterocycles. The van der Waals surface area contributed by atoms with E-state index in [-0.39, 0.29) is 18.6 Å². The van der Waals surface area contributed by atoms with E-state index in [1.807, 2.05) is 70.2 Å². The average molecular weight is 327 g/mol. The zero-order valence-corrected chi connectivity index (χ0v) is 14.8. The molecule has 24 heavy (non-hydrogen) atoms. The molecule has 0 spiro atoms. The summed E-state index contributed by atoms with van der Waals surface area (Å²) >= 11 is 0. The summed E-state index contributed by atoms with van der Waals surface area (Å²) in [5.41, 5.74) is 3.16. The van der Waals surface area contributed by atoms with Crippen molar-refractivity contribution < 1.29 is 14.3 Å². The molecule has 4 heteroatoms. The van der Waals surface area contributed by atoms with E-state index < -0.39 is 0 Å². The monoisotopic (exact) mass is 327 g/mol. The van der Waals surface area contributed by atoms with Crippen LogP contribution < -0.4 is 14.8 Å². The van der Waals surface area contributed by atoms with Crippen LogP contribution in [0.5, 0.6) is 11.5 Å². The number of nitrogens with one attached hydrogen (secondary N) is 1. The fourth-order valence-electron chi connectivity index (χ4n) is 2.39. The van der Waals surface area contributed by atoms with Crippen LogP contribution in [0.15, 0.2) is 42.5 Å². The first kappa shape index (κ1) is 17.9. The largest absolute Gasteiger partial charge is 0.494 e. The van der Waals surface area contributed by atoms with Gasteiger partial charge in [-0.2, -0.15) is 0 Å². The second-order valence-corrected chi connectivity index (χ2v) is 5.85. The van der Waals surface area contributed by atoms with Crippen molar-refractivity contribution in [2.45, 2.75) is 33.7 Å². The zero-order chi connectivity index (χ0) is 17.5. The zero-order valence-electron chi connectivity index (χ0n) is 14.8. The lowest BCUT2D eigenvalue weighted by Gasteiger charge is -2.16. The summed E-state index contributed by atoms with van der Waals surface area (Å²) < 4.78 is 11.1. The van der Waals surface area contributed by atoms with Gasteiger partial charge in [0, 0.05) is 0 Å². The Bertz CT molecular complexity index is 680. The molecule has 0 saturated heterocycles. The number of carbonyl (C=O) groups excluding carboxylic acids is 1. The first-order chi connectivity index (χ1) is 11.5. The third-order valence-electron chi connectivity index (χ3n) is 3.77. The number of amides is 1. The first-order valence-electron chi connectivity index (χ1n) is 8.21. The molecule has 0 aliphatic carbocycles. The Morgan fingerprint density at radius 1 is 1.08 bits per heavy atom. The van der Waals surface area contributed by atoms with Gasteiger partial charge in [-0.1, -0.05) is 24.3 Å². The molecule has 0 heterocycles. The first-order valence-corrected chi connectivity index (χ1v) is 8.21. The van der Waals surface area contributed by atoms with Gasteiger partial charge < -0.3 is 14.8 Å². The summed E-state index contributed by atoms with van der Waals surface area (Å²) in [5.74, 6) is 1.44. The molecule has 2 aromatic carbocycles. The molecule has 1 atom stereocenters. The Morgan fingerprint density at radius 3 is 2.46 bits per heavy atom.